The Bertz CT molecular complexity index is 401. The van der Waals surface area contributed by atoms with Crippen molar-refractivity contribution in [1.82, 2.24) is 5.32 Å². The van der Waals surface area contributed by atoms with Crippen LogP contribution in [-0.2, 0) is 6.18 Å². The van der Waals surface area contributed by atoms with Gasteiger partial charge in [-0.3, -0.25) is 0 Å². The molecule has 1 rings (SSSR count). The molecule has 0 aliphatic heterocycles. The van der Waals surface area contributed by atoms with Crippen molar-refractivity contribution < 1.29 is 17.9 Å². The third-order valence-electron chi connectivity index (χ3n) is 2.28. The van der Waals surface area contributed by atoms with E-state index in [9.17, 15) is 13.2 Å². The Hall–Kier alpha value is -0.650. The largest absolute Gasteiger partial charge is 0.489 e. The van der Waals surface area contributed by atoms with Crippen LogP contribution in [0, 0.1) is 0 Å². The van der Waals surface area contributed by atoms with Gasteiger partial charge in [0, 0.05) is 6.54 Å². The van der Waals surface area contributed by atoms with E-state index in [4.69, 9.17) is 27.9 Å². The average Bonchev–Trinajstić information content (AvgIpc) is 2.30. The van der Waals surface area contributed by atoms with Gasteiger partial charge in [-0.05, 0) is 25.1 Å². The van der Waals surface area contributed by atoms with Crippen molar-refractivity contribution in [3.05, 3.63) is 27.7 Å². The third kappa shape index (κ3) is 5.09. The molecule has 2 nitrogen and oxygen atoms in total. The first-order valence-electron chi connectivity index (χ1n) is 5.76. The maximum atomic E-state index is 12.5. The standard InChI is InChI=1S/C12H14Cl2F3NO/c1-2-3-18-4-5-19-11-9(13)6-8(7-10(11)14)12(15,16)17/h6-7,18H,2-5H2,1H3. The fourth-order valence-electron chi connectivity index (χ4n) is 1.39. The fourth-order valence-corrected chi connectivity index (χ4v) is 1.98. The maximum absolute atomic E-state index is 12.5. The van der Waals surface area contributed by atoms with E-state index in [0.717, 1.165) is 25.1 Å². The summed E-state index contributed by atoms with van der Waals surface area (Å²) in [5, 5.41) is 2.80. The molecule has 0 radical (unpaired) electrons. The monoisotopic (exact) mass is 315 g/mol. The predicted molar refractivity (Wildman–Crippen MR) is 70.1 cm³/mol. The van der Waals surface area contributed by atoms with Gasteiger partial charge in [0.15, 0.2) is 5.75 Å². The van der Waals surface area contributed by atoms with Crippen LogP contribution in [0.5, 0.6) is 5.75 Å². The molecular weight excluding hydrogens is 302 g/mol. The van der Waals surface area contributed by atoms with Gasteiger partial charge in [-0.25, -0.2) is 0 Å². The average molecular weight is 316 g/mol. The number of ether oxygens (including phenoxy) is 1. The fraction of sp³-hybridized carbons (Fsp3) is 0.500. The van der Waals surface area contributed by atoms with Gasteiger partial charge in [0.1, 0.15) is 6.61 Å². The number of benzene rings is 1. The number of halogens is 5. The topological polar surface area (TPSA) is 21.3 Å². The Morgan fingerprint density at radius 1 is 1.16 bits per heavy atom. The van der Waals surface area contributed by atoms with Crippen LogP contribution in [0.25, 0.3) is 0 Å². The van der Waals surface area contributed by atoms with Crippen molar-refractivity contribution in [2.24, 2.45) is 0 Å². The first-order valence-corrected chi connectivity index (χ1v) is 6.51. The summed E-state index contributed by atoms with van der Waals surface area (Å²) in [6.07, 6.45) is -3.49. The zero-order chi connectivity index (χ0) is 14.5. The zero-order valence-corrected chi connectivity index (χ0v) is 11.8. The molecule has 0 aliphatic rings. The molecule has 0 bridgehead atoms. The second kappa shape index (κ2) is 7.22. The van der Waals surface area contributed by atoms with E-state index < -0.39 is 11.7 Å². The minimum atomic E-state index is -4.48. The Morgan fingerprint density at radius 3 is 2.21 bits per heavy atom. The van der Waals surface area contributed by atoms with Crippen LogP contribution < -0.4 is 10.1 Å². The summed E-state index contributed by atoms with van der Waals surface area (Å²) in [4.78, 5) is 0. The van der Waals surface area contributed by atoms with Crippen molar-refractivity contribution in [1.29, 1.82) is 0 Å². The Kier molecular flexibility index (Phi) is 6.23. The number of hydrogen-bond acceptors (Lipinski definition) is 2. The van der Waals surface area contributed by atoms with E-state index >= 15 is 0 Å². The van der Waals surface area contributed by atoms with Crippen molar-refractivity contribution in [3.8, 4) is 5.75 Å². The van der Waals surface area contributed by atoms with Gasteiger partial charge in [0.2, 0.25) is 0 Å². The predicted octanol–water partition coefficient (Wildman–Crippen LogP) is 4.39. The van der Waals surface area contributed by atoms with E-state index in [0.29, 0.717) is 6.54 Å². The van der Waals surface area contributed by atoms with Crippen LogP contribution in [0.4, 0.5) is 13.2 Å². The number of nitrogens with one attached hydrogen (secondary N) is 1. The molecule has 0 aromatic heterocycles. The molecule has 0 saturated heterocycles. The molecule has 108 valence electrons. The quantitative estimate of drug-likeness (QED) is 0.786. The van der Waals surface area contributed by atoms with Crippen molar-refractivity contribution >= 4 is 23.2 Å². The first-order chi connectivity index (χ1) is 8.86. The van der Waals surface area contributed by atoms with Crippen LogP contribution >= 0.6 is 23.2 Å². The van der Waals surface area contributed by atoms with Crippen LogP contribution in [0.15, 0.2) is 12.1 Å². The summed E-state index contributed by atoms with van der Waals surface area (Å²) in [7, 11) is 0. The van der Waals surface area contributed by atoms with Crippen molar-refractivity contribution in [2.45, 2.75) is 19.5 Å². The van der Waals surface area contributed by atoms with E-state index in [1.54, 1.807) is 0 Å². The highest BCUT2D eigenvalue weighted by atomic mass is 35.5. The summed E-state index contributed by atoms with van der Waals surface area (Å²) in [6.45, 7) is 3.72. The highest BCUT2D eigenvalue weighted by Gasteiger charge is 2.32. The van der Waals surface area contributed by atoms with Crippen molar-refractivity contribution in [2.75, 3.05) is 19.7 Å². The molecule has 1 aromatic rings. The molecule has 0 heterocycles. The lowest BCUT2D eigenvalue weighted by molar-refractivity contribution is -0.137. The van der Waals surface area contributed by atoms with Crippen molar-refractivity contribution in [3.63, 3.8) is 0 Å². The molecule has 0 fully saturated rings. The molecule has 1 N–H and O–H groups in total. The summed E-state index contributed by atoms with van der Waals surface area (Å²) in [5.41, 5.74) is -0.890. The van der Waals surface area contributed by atoms with E-state index in [2.05, 4.69) is 5.32 Å². The zero-order valence-electron chi connectivity index (χ0n) is 10.3. The van der Waals surface area contributed by atoms with E-state index in [1.165, 1.54) is 0 Å². The van der Waals surface area contributed by atoms with Crippen LogP contribution in [0.1, 0.15) is 18.9 Å². The van der Waals surface area contributed by atoms with Gasteiger partial charge >= 0.3 is 6.18 Å². The third-order valence-corrected chi connectivity index (χ3v) is 2.84. The van der Waals surface area contributed by atoms with Gasteiger partial charge in [0.25, 0.3) is 0 Å². The number of hydrogen-bond donors (Lipinski definition) is 1. The smallest absolute Gasteiger partial charge is 0.416 e. The Labute approximate surface area is 119 Å². The second-order valence-corrected chi connectivity index (χ2v) is 4.68. The van der Waals surface area contributed by atoms with E-state index in [1.807, 2.05) is 6.92 Å². The Morgan fingerprint density at radius 2 is 1.74 bits per heavy atom. The Balaban J connectivity index is 2.70. The first kappa shape index (κ1) is 16.4. The van der Waals surface area contributed by atoms with Crippen LogP contribution in [-0.4, -0.2) is 19.7 Å². The lowest BCUT2D eigenvalue weighted by atomic mass is 10.2. The SMILES string of the molecule is CCCNCCOc1c(Cl)cc(C(F)(F)F)cc1Cl. The van der Waals surface area contributed by atoms with Gasteiger partial charge in [0.05, 0.1) is 15.6 Å². The van der Waals surface area contributed by atoms with Crippen LogP contribution in [0.3, 0.4) is 0 Å². The molecule has 0 unspecified atom stereocenters. The van der Waals surface area contributed by atoms with Crippen LogP contribution in [0.2, 0.25) is 10.0 Å². The molecular formula is C12H14Cl2F3NO. The number of rotatable bonds is 6. The lowest BCUT2D eigenvalue weighted by Crippen LogP contribution is -2.21. The molecule has 19 heavy (non-hydrogen) atoms. The highest BCUT2D eigenvalue weighted by molar-refractivity contribution is 6.37. The van der Waals surface area contributed by atoms with Gasteiger partial charge in [-0.1, -0.05) is 30.1 Å². The maximum Gasteiger partial charge on any atom is 0.416 e. The van der Waals surface area contributed by atoms with Gasteiger partial charge < -0.3 is 10.1 Å². The highest BCUT2D eigenvalue weighted by Crippen LogP contribution is 2.39. The van der Waals surface area contributed by atoms with E-state index in [-0.39, 0.29) is 22.4 Å². The molecule has 1 aromatic carbocycles. The minimum absolute atomic E-state index is 0.0784. The summed E-state index contributed by atoms with van der Waals surface area (Å²) >= 11 is 11.5. The van der Waals surface area contributed by atoms with Gasteiger partial charge in [-0.15, -0.1) is 0 Å². The number of alkyl halides is 3. The molecule has 0 aliphatic carbocycles. The van der Waals surface area contributed by atoms with Gasteiger partial charge in [-0.2, -0.15) is 13.2 Å². The lowest BCUT2D eigenvalue weighted by Gasteiger charge is -2.13. The summed E-state index contributed by atoms with van der Waals surface area (Å²) in [5.74, 6) is 0.0784. The molecule has 0 saturated carbocycles. The molecule has 0 amide bonds. The minimum Gasteiger partial charge on any atom is -0.489 e. The second-order valence-electron chi connectivity index (χ2n) is 3.87. The molecule has 0 atom stereocenters. The summed E-state index contributed by atoms with van der Waals surface area (Å²) < 4.78 is 42.8. The molecule has 0 spiro atoms. The normalized spacial score (nSPS) is 11.7. The summed E-state index contributed by atoms with van der Waals surface area (Å²) in [6, 6.07) is 1.62. The molecule has 7 heteroatoms.